The van der Waals surface area contributed by atoms with Crippen LogP contribution in [0.3, 0.4) is 0 Å². The molecule has 0 saturated carbocycles. The summed E-state index contributed by atoms with van der Waals surface area (Å²) in [5.41, 5.74) is 2.71. The lowest BCUT2D eigenvalue weighted by Crippen LogP contribution is -2.21. The van der Waals surface area contributed by atoms with Crippen LogP contribution in [0.5, 0.6) is 0 Å². The van der Waals surface area contributed by atoms with Gasteiger partial charge < -0.3 is 4.90 Å². The Hall–Kier alpha value is -0.530. The van der Waals surface area contributed by atoms with Gasteiger partial charge in [0.25, 0.3) is 0 Å². The van der Waals surface area contributed by atoms with E-state index in [9.17, 15) is 0 Å². The molecule has 0 aliphatic carbocycles. The summed E-state index contributed by atoms with van der Waals surface area (Å²) in [6.45, 7) is 4.49. The molecule has 0 aliphatic rings. The Labute approximate surface area is 104 Å². The molecule has 1 atom stereocenters. The standard InChI is InChI=1S/C14H22ClN/c1-11(2)9-12-5-7-13(8-6-12)14(10-15)16(3)4/h5-8,11,14H,9-10H2,1-4H3. The third-order valence-electron chi connectivity index (χ3n) is 2.78. The van der Waals surface area contributed by atoms with Crippen molar-refractivity contribution < 1.29 is 0 Å². The zero-order valence-electron chi connectivity index (χ0n) is 10.7. The van der Waals surface area contributed by atoms with E-state index in [1.165, 1.54) is 11.1 Å². The number of benzene rings is 1. The molecule has 0 aliphatic heterocycles. The third-order valence-corrected chi connectivity index (χ3v) is 3.07. The van der Waals surface area contributed by atoms with Gasteiger partial charge in [0.1, 0.15) is 0 Å². The molecule has 2 heteroatoms. The molecular weight excluding hydrogens is 218 g/mol. The van der Waals surface area contributed by atoms with Crippen LogP contribution in [-0.4, -0.2) is 24.9 Å². The number of nitrogens with zero attached hydrogens (tertiary/aromatic N) is 1. The predicted molar refractivity (Wildman–Crippen MR) is 72.1 cm³/mol. The second-order valence-corrected chi connectivity index (χ2v) is 5.28. The lowest BCUT2D eigenvalue weighted by molar-refractivity contribution is 0.324. The van der Waals surface area contributed by atoms with Crippen molar-refractivity contribution in [1.29, 1.82) is 0 Å². The first kappa shape index (κ1) is 13.5. The molecule has 1 unspecified atom stereocenters. The van der Waals surface area contributed by atoms with E-state index in [1.807, 2.05) is 0 Å². The molecule has 0 fully saturated rings. The van der Waals surface area contributed by atoms with E-state index in [4.69, 9.17) is 11.6 Å². The Balaban J connectivity index is 2.77. The predicted octanol–water partition coefficient (Wildman–Crippen LogP) is 3.73. The zero-order valence-corrected chi connectivity index (χ0v) is 11.5. The van der Waals surface area contributed by atoms with Gasteiger partial charge in [0.05, 0.1) is 0 Å². The van der Waals surface area contributed by atoms with E-state index in [2.05, 4.69) is 57.1 Å². The van der Waals surface area contributed by atoms with Crippen molar-refractivity contribution in [2.45, 2.75) is 26.3 Å². The minimum Gasteiger partial charge on any atom is -0.301 e. The topological polar surface area (TPSA) is 3.24 Å². The minimum atomic E-state index is 0.315. The summed E-state index contributed by atoms with van der Waals surface area (Å²) >= 11 is 5.98. The van der Waals surface area contributed by atoms with Crippen molar-refractivity contribution in [3.05, 3.63) is 35.4 Å². The second-order valence-electron chi connectivity index (χ2n) is 4.97. The largest absolute Gasteiger partial charge is 0.301 e. The first-order valence-electron chi connectivity index (χ1n) is 5.85. The monoisotopic (exact) mass is 239 g/mol. The van der Waals surface area contributed by atoms with Crippen molar-refractivity contribution in [3.63, 3.8) is 0 Å². The number of rotatable bonds is 5. The molecule has 1 nitrogen and oxygen atoms in total. The van der Waals surface area contributed by atoms with E-state index >= 15 is 0 Å². The van der Waals surface area contributed by atoms with Gasteiger partial charge in [-0.05, 0) is 37.6 Å². The number of hydrogen-bond donors (Lipinski definition) is 0. The van der Waals surface area contributed by atoms with Gasteiger partial charge in [0.2, 0.25) is 0 Å². The summed E-state index contributed by atoms with van der Waals surface area (Å²) in [6, 6.07) is 9.15. The fourth-order valence-electron chi connectivity index (χ4n) is 1.87. The summed E-state index contributed by atoms with van der Waals surface area (Å²) < 4.78 is 0. The first-order valence-corrected chi connectivity index (χ1v) is 6.39. The van der Waals surface area contributed by atoms with Gasteiger partial charge in [-0.15, -0.1) is 11.6 Å². The van der Waals surface area contributed by atoms with Crippen molar-refractivity contribution in [3.8, 4) is 0 Å². The fraction of sp³-hybridized carbons (Fsp3) is 0.571. The molecule has 0 bridgehead atoms. The number of hydrogen-bond acceptors (Lipinski definition) is 1. The maximum Gasteiger partial charge on any atom is 0.0477 e. The molecule has 0 heterocycles. The van der Waals surface area contributed by atoms with Crippen LogP contribution in [0.25, 0.3) is 0 Å². The highest BCUT2D eigenvalue weighted by molar-refractivity contribution is 6.18. The van der Waals surface area contributed by atoms with Gasteiger partial charge >= 0.3 is 0 Å². The Bertz CT molecular complexity index is 303. The molecule has 0 spiro atoms. The third kappa shape index (κ3) is 3.80. The Morgan fingerprint density at radius 3 is 2.06 bits per heavy atom. The lowest BCUT2D eigenvalue weighted by atomic mass is 9.99. The summed E-state index contributed by atoms with van der Waals surface area (Å²) in [5, 5.41) is 0. The molecule has 1 rings (SSSR count). The van der Waals surface area contributed by atoms with Gasteiger partial charge in [-0.3, -0.25) is 0 Å². The van der Waals surface area contributed by atoms with Gasteiger partial charge in [-0.1, -0.05) is 38.1 Å². The Morgan fingerprint density at radius 1 is 1.12 bits per heavy atom. The van der Waals surface area contributed by atoms with Crippen LogP contribution in [0.2, 0.25) is 0 Å². The summed E-state index contributed by atoms with van der Waals surface area (Å²) in [7, 11) is 4.13. The van der Waals surface area contributed by atoms with Crippen molar-refractivity contribution in [1.82, 2.24) is 4.90 Å². The normalized spacial score (nSPS) is 13.4. The second kappa shape index (κ2) is 6.27. The van der Waals surface area contributed by atoms with Crippen LogP contribution in [0.15, 0.2) is 24.3 Å². The number of alkyl halides is 1. The highest BCUT2D eigenvalue weighted by atomic mass is 35.5. The van der Waals surface area contributed by atoms with Crippen LogP contribution < -0.4 is 0 Å². The SMILES string of the molecule is CC(C)Cc1ccc(C(CCl)N(C)C)cc1. The Morgan fingerprint density at radius 2 is 1.69 bits per heavy atom. The molecule has 1 aromatic rings. The fourth-order valence-corrected chi connectivity index (χ4v) is 2.33. The first-order chi connectivity index (χ1) is 7.54. The van der Waals surface area contributed by atoms with Crippen molar-refractivity contribution >= 4 is 11.6 Å². The van der Waals surface area contributed by atoms with E-state index < -0.39 is 0 Å². The molecule has 0 saturated heterocycles. The lowest BCUT2D eigenvalue weighted by Gasteiger charge is -2.22. The van der Waals surface area contributed by atoms with Crippen LogP contribution in [-0.2, 0) is 6.42 Å². The summed E-state index contributed by atoms with van der Waals surface area (Å²) in [4.78, 5) is 2.16. The highest BCUT2D eigenvalue weighted by Crippen LogP contribution is 2.20. The van der Waals surface area contributed by atoms with E-state index in [0.717, 1.165) is 6.42 Å². The molecule has 0 aromatic heterocycles. The van der Waals surface area contributed by atoms with Gasteiger partial charge in [-0.25, -0.2) is 0 Å². The maximum atomic E-state index is 5.98. The average molecular weight is 240 g/mol. The number of halogens is 1. The molecule has 0 amide bonds. The van der Waals surface area contributed by atoms with Crippen LogP contribution in [0.1, 0.15) is 31.0 Å². The van der Waals surface area contributed by atoms with Gasteiger partial charge in [0.15, 0.2) is 0 Å². The molecule has 16 heavy (non-hydrogen) atoms. The van der Waals surface area contributed by atoms with Crippen LogP contribution in [0, 0.1) is 5.92 Å². The van der Waals surface area contributed by atoms with E-state index in [1.54, 1.807) is 0 Å². The van der Waals surface area contributed by atoms with Crippen LogP contribution >= 0.6 is 11.6 Å². The van der Waals surface area contributed by atoms with Crippen LogP contribution in [0.4, 0.5) is 0 Å². The zero-order chi connectivity index (χ0) is 12.1. The maximum absolute atomic E-state index is 5.98. The molecule has 1 aromatic carbocycles. The average Bonchev–Trinajstić information content (AvgIpc) is 2.20. The van der Waals surface area contributed by atoms with Gasteiger partial charge in [0, 0.05) is 11.9 Å². The molecule has 90 valence electrons. The Kier molecular flexibility index (Phi) is 5.30. The van der Waals surface area contributed by atoms with Crippen molar-refractivity contribution in [2.75, 3.05) is 20.0 Å². The summed E-state index contributed by atoms with van der Waals surface area (Å²) in [6.07, 6.45) is 1.15. The van der Waals surface area contributed by atoms with E-state index in [0.29, 0.717) is 17.8 Å². The molecule has 0 radical (unpaired) electrons. The van der Waals surface area contributed by atoms with E-state index in [-0.39, 0.29) is 0 Å². The smallest absolute Gasteiger partial charge is 0.0477 e. The minimum absolute atomic E-state index is 0.315. The highest BCUT2D eigenvalue weighted by Gasteiger charge is 2.12. The van der Waals surface area contributed by atoms with Gasteiger partial charge in [-0.2, -0.15) is 0 Å². The summed E-state index contributed by atoms with van der Waals surface area (Å²) in [5.74, 6) is 1.35. The quantitative estimate of drug-likeness (QED) is 0.708. The van der Waals surface area contributed by atoms with Crippen molar-refractivity contribution in [2.24, 2.45) is 5.92 Å². The molecular formula is C14H22ClN. The molecule has 0 N–H and O–H groups in total.